The van der Waals surface area contributed by atoms with E-state index in [1.165, 1.54) is 0 Å². The Morgan fingerprint density at radius 2 is 2.20 bits per heavy atom. The number of aromatic nitrogens is 2. The third-order valence-electron chi connectivity index (χ3n) is 1.77. The molecule has 0 aliphatic heterocycles. The number of nitrogens with zero attached hydrogens (tertiary/aromatic N) is 1. The van der Waals surface area contributed by atoms with Gasteiger partial charge in [-0.05, 0) is 13.8 Å². The maximum atomic E-state index is 11.8. The van der Waals surface area contributed by atoms with Crippen LogP contribution in [0.1, 0.15) is 11.4 Å². The van der Waals surface area contributed by atoms with Crippen molar-refractivity contribution >= 4 is 27.2 Å². The van der Waals surface area contributed by atoms with Gasteiger partial charge in [-0.2, -0.15) is 5.10 Å². The van der Waals surface area contributed by atoms with Crippen LogP contribution in [0.25, 0.3) is 0 Å². The average Bonchev–Trinajstić information content (AvgIpc) is 2.43. The lowest BCUT2D eigenvalue weighted by Gasteiger charge is -2.05. The van der Waals surface area contributed by atoms with Crippen molar-refractivity contribution in [2.75, 3.05) is 6.54 Å². The summed E-state index contributed by atoms with van der Waals surface area (Å²) in [6.45, 7) is 3.19. The van der Waals surface area contributed by atoms with Crippen LogP contribution < -0.4 is 10.5 Å². The summed E-state index contributed by atoms with van der Waals surface area (Å²) in [6.07, 6.45) is 0. The Balaban J connectivity index is 3.01. The number of sulfonamides is 1. The molecule has 0 saturated carbocycles. The highest BCUT2D eigenvalue weighted by atomic mass is 32.2. The summed E-state index contributed by atoms with van der Waals surface area (Å²) < 4.78 is 25.8. The highest BCUT2D eigenvalue weighted by molar-refractivity contribution is 7.89. The lowest BCUT2D eigenvalue weighted by molar-refractivity contribution is 0.585. The topological polar surface area (TPSA) is 101 Å². The fourth-order valence-corrected chi connectivity index (χ4v) is 2.71. The van der Waals surface area contributed by atoms with Crippen LogP contribution in [-0.4, -0.2) is 30.1 Å². The van der Waals surface area contributed by atoms with Gasteiger partial charge >= 0.3 is 0 Å². The largest absolute Gasteiger partial charge is 0.392 e. The first-order valence-electron chi connectivity index (χ1n) is 4.14. The van der Waals surface area contributed by atoms with Gasteiger partial charge < -0.3 is 5.73 Å². The molecular formula is C7H12N4O2S2. The minimum absolute atomic E-state index is 0.0538. The van der Waals surface area contributed by atoms with Gasteiger partial charge in [-0.1, -0.05) is 12.2 Å². The van der Waals surface area contributed by atoms with Crippen LogP contribution in [0, 0.1) is 13.8 Å². The molecule has 4 N–H and O–H groups in total. The summed E-state index contributed by atoms with van der Waals surface area (Å²) in [4.78, 5) is 0.246. The summed E-state index contributed by atoms with van der Waals surface area (Å²) >= 11 is 4.59. The number of thiocarbonyl (C=S) groups is 1. The van der Waals surface area contributed by atoms with E-state index >= 15 is 0 Å². The highest BCUT2D eigenvalue weighted by Gasteiger charge is 2.21. The van der Waals surface area contributed by atoms with Gasteiger partial charge in [0.1, 0.15) is 4.90 Å². The third kappa shape index (κ3) is 2.74. The Morgan fingerprint density at radius 3 is 2.60 bits per heavy atom. The van der Waals surface area contributed by atoms with E-state index < -0.39 is 10.0 Å². The zero-order valence-corrected chi connectivity index (χ0v) is 10.00. The van der Waals surface area contributed by atoms with Gasteiger partial charge in [0.15, 0.2) is 0 Å². The maximum Gasteiger partial charge on any atom is 0.244 e. The number of aromatic amines is 1. The molecule has 0 spiro atoms. The Labute approximate surface area is 93.3 Å². The van der Waals surface area contributed by atoms with Crippen molar-refractivity contribution in [3.05, 3.63) is 11.4 Å². The molecule has 0 fully saturated rings. The van der Waals surface area contributed by atoms with E-state index in [2.05, 4.69) is 27.1 Å². The molecule has 84 valence electrons. The molecule has 1 heterocycles. The molecule has 6 nitrogen and oxygen atoms in total. The molecule has 0 aromatic carbocycles. The molecule has 0 amide bonds. The fourth-order valence-electron chi connectivity index (χ4n) is 1.17. The standard InChI is InChI=1S/C7H12N4O2S2/c1-4-7(5(2)11-10-4)15(12,13)9-3-6(8)14/h9H,3H2,1-2H3,(H2,8,14)(H,10,11). The maximum absolute atomic E-state index is 11.8. The quantitative estimate of drug-likeness (QED) is 0.629. The normalized spacial score (nSPS) is 11.6. The van der Waals surface area contributed by atoms with Crippen LogP contribution in [0.3, 0.4) is 0 Å². The first kappa shape index (κ1) is 12.1. The van der Waals surface area contributed by atoms with E-state index in [-0.39, 0.29) is 16.4 Å². The van der Waals surface area contributed by atoms with Gasteiger partial charge in [0.05, 0.1) is 22.9 Å². The molecule has 1 aromatic heterocycles. The van der Waals surface area contributed by atoms with Crippen molar-refractivity contribution in [2.45, 2.75) is 18.7 Å². The minimum atomic E-state index is -3.58. The zero-order chi connectivity index (χ0) is 11.6. The van der Waals surface area contributed by atoms with E-state index in [4.69, 9.17) is 5.73 Å². The molecular weight excluding hydrogens is 236 g/mol. The van der Waals surface area contributed by atoms with Crippen LogP contribution in [0.2, 0.25) is 0 Å². The van der Waals surface area contributed by atoms with E-state index in [0.717, 1.165) is 0 Å². The van der Waals surface area contributed by atoms with Crippen molar-refractivity contribution in [3.8, 4) is 0 Å². The lowest BCUT2D eigenvalue weighted by atomic mass is 10.4. The molecule has 1 rings (SSSR count). The van der Waals surface area contributed by atoms with Crippen molar-refractivity contribution in [3.63, 3.8) is 0 Å². The molecule has 15 heavy (non-hydrogen) atoms. The summed E-state index contributed by atoms with van der Waals surface area (Å²) in [6, 6.07) is 0. The Hall–Kier alpha value is -0.990. The number of aryl methyl sites for hydroxylation is 2. The second-order valence-corrected chi connectivity index (χ2v) is 5.28. The first-order chi connectivity index (χ1) is 6.84. The Kier molecular flexibility index (Phi) is 3.42. The van der Waals surface area contributed by atoms with Gasteiger partial charge in [-0.15, -0.1) is 0 Å². The van der Waals surface area contributed by atoms with E-state index in [1.807, 2.05) is 0 Å². The SMILES string of the molecule is Cc1n[nH]c(C)c1S(=O)(=O)NCC(N)=S. The smallest absolute Gasteiger partial charge is 0.244 e. The van der Waals surface area contributed by atoms with Crippen LogP contribution in [0.5, 0.6) is 0 Å². The van der Waals surface area contributed by atoms with Crippen LogP contribution in [0.4, 0.5) is 0 Å². The predicted octanol–water partition coefficient (Wildman–Crippen LogP) is -0.409. The third-order valence-corrected chi connectivity index (χ3v) is 3.57. The van der Waals surface area contributed by atoms with E-state index in [9.17, 15) is 8.42 Å². The van der Waals surface area contributed by atoms with E-state index in [1.54, 1.807) is 13.8 Å². The molecule has 0 radical (unpaired) electrons. The number of nitrogens with two attached hydrogens (primary N) is 1. The summed E-state index contributed by atoms with van der Waals surface area (Å²) in [5, 5.41) is 6.40. The van der Waals surface area contributed by atoms with Crippen molar-refractivity contribution < 1.29 is 8.42 Å². The molecule has 0 unspecified atom stereocenters. The molecule has 0 saturated heterocycles. The van der Waals surface area contributed by atoms with Crippen LogP contribution in [0.15, 0.2) is 4.90 Å². The predicted molar refractivity (Wildman–Crippen MR) is 60.0 cm³/mol. The number of hydrogen-bond acceptors (Lipinski definition) is 4. The molecule has 8 heteroatoms. The first-order valence-corrected chi connectivity index (χ1v) is 6.03. The van der Waals surface area contributed by atoms with Crippen LogP contribution in [-0.2, 0) is 10.0 Å². The van der Waals surface area contributed by atoms with Gasteiger partial charge in [0.2, 0.25) is 10.0 Å². The molecule has 1 aromatic rings. The summed E-state index contributed by atoms with van der Waals surface area (Å²) in [7, 11) is -3.58. The summed E-state index contributed by atoms with van der Waals surface area (Å²) in [5.41, 5.74) is 6.12. The lowest BCUT2D eigenvalue weighted by Crippen LogP contribution is -2.32. The van der Waals surface area contributed by atoms with E-state index in [0.29, 0.717) is 11.4 Å². The zero-order valence-electron chi connectivity index (χ0n) is 8.36. The van der Waals surface area contributed by atoms with Crippen molar-refractivity contribution in [1.82, 2.24) is 14.9 Å². The van der Waals surface area contributed by atoms with Crippen molar-refractivity contribution in [1.29, 1.82) is 0 Å². The molecule has 0 bridgehead atoms. The Morgan fingerprint density at radius 1 is 1.60 bits per heavy atom. The molecule has 0 aliphatic rings. The molecule has 0 atom stereocenters. The average molecular weight is 248 g/mol. The van der Waals surface area contributed by atoms with Crippen molar-refractivity contribution in [2.24, 2.45) is 5.73 Å². The van der Waals surface area contributed by atoms with Crippen LogP contribution >= 0.6 is 12.2 Å². The highest BCUT2D eigenvalue weighted by Crippen LogP contribution is 2.15. The second-order valence-electron chi connectivity index (χ2n) is 3.05. The van der Waals surface area contributed by atoms with Gasteiger partial charge in [0.25, 0.3) is 0 Å². The summed E-state index contributed by atoms with van der Waals surface area (Å²) in [5.74, 6) is 0. The number of hydrogen-bond donors (Lipinski definition) is 3. The number of H-pyrrole nitrogens is 1. The fraction of sp³-hybridized carbons (Fsp3) is 0.429. The monoisotopic (exact) mass is 248 g/mol. The number of nitrogens with one attached hydrogen (secondary N) is 2. The number of rotatable bonds is 4. The Bertz CT molecular complexity index is 458. The second kappa shape index (κ2) is 4.25. The molecule has 0 aliphatic carbocycles. The van der Waals surface area contributed by atoms with Gasteiger partial charge in [-0.25, -0.2) is 13.1 Å². The van der Waals surface area contributed by atoms with Gasteiger partial charge in [-0.3, -0.25) is 5.10 Å². The van der Waals surface area contributed by atoms with Gasteiger partial charge in [0, 0.05) is 0 Å². The minimum Gasteiger partial charge on any atom is -0.392 e.